The van der Waals surface area contributed by atoms with Gasteiger partial charge in [0.1, 0.15) is 18.3 Å². The molecule has 0 aliphatic rings. The first-order chi connectivity index (χ1) is 21.6. The van der Waals surface area contributed by atoms with Gasteiger partial charge in [-0.2, -0.15) is 0 Å². The third-order valence-electron chi connectivity index (χ3n) is 7.13. The Morgan fingerprint density at radius 3 is 2.00 bits per heavy atom. The zero-order valence-electron chi connectivity index (χ0n) is 25.0. The number of nitrogens with one attached hydrogen (secondary N) is 1. The van der Waals surface area contributed by atoms with E-state index in [1.807, 2.05) is 37.3 Å². The summed E-state index contributed by atoms with van der Waals surface area (Å²) in [5.74, 6) is -0.414. The highest BCUT2D eigenvalue weighted by Gasteiger charge is 2.34. The molecular weight excluding hydrogens is 633 g/mol. The number of benzene rings is 4. The molecule has 1 N–H and O–H groups in total. The van der Waals surface area contributed by atoms with E-state index in [1.165, 1.54) is 48.4 Å². The second-order valence-corrected chi connectivity index (χ2v) is 13.0. The molecule has 45 heavy (non-hydrogen) atoms. The third-order valence-corrected chi connectivity index (χ3v) is 9.42. The third kappa shape index (κ3) is 9.00. The smallest absolute Gasteiger partial charge is 0.264 e. The van der Waals surface area contributed by atoms with Crippen LogP contribution in [0.1, 0.15) is 24.5 Å². The van der Waals surface area contributed by atoms with Gasteiger partial charge in [0, 0.05) is 29.6 Å². The number of carbonyl (C=O) groups excluding carboxylic acids is 2. The Morgan fingerprint density at radius 1 is 0.822 bits per heavy atom. The van der Waals surface area contributed by atoms with E-state index in [0.717, 1.165) is 15.4 Å². The van der Waals surface area contributed by atoms with Crippen LogP contribution < -0.4 is 14.4 Å². The molecule has 0 bridgehead atoms. The molecule has 4 rings (SSSR count). The Balaban J connectivity index is 1.78. The molecule has 0 aliphatic heterocycles. The molecule has 0 saturated carbocycles. The number of rotatable bonds is 14. The van der Waals surface area contributed by atoms with Gasteiger partial charge in [0.15, 0.2) is 0 Å². The van der Waals surface area contributed by atoms with Crippen LogP contribution in [0.2, 0.25) is 10.0 Å². The van der Waals surface area contributed by atoms with Crippen molar-refractivity contribution in [2.24, 2.45) is 0 Å². The highest BCUT2D eigenvalue weighted by atomic mass is 35.5. The molecule has 0 aromatic heterocycles. The number of sulfonamides is 1. The molecule has 0 radical (unpaired) electrons. The van der Waals surface area contributed by atoms with Gasteiger partial charge in [-0.3, -0.25) is 13.9 Å². The largest absolute Gasteiger partial charge is 0.497 e. The fraction of sp³-hybridized carbons (Fsp3) is 0.235. The number of methoxy groups -OCH3 is 1. The van der Waals surface area contributed by atoms with Gasteiger partial charge >= 0.3 is 0 Å². The van der Waals surface area contributed by atoms with Gasteiger partial charge in [-0.1, -0.05) is 72.6 Å². The van der Waals surface area contributed by atoms with E-state index in [0.29, 0.717) is 28.8 Å². The molecule has 0 fully saturated rings. The highest BCUT2D eigenvalue weighted by Crippen LogP contribution is 2.27. The van der Waals surface area contributed by atoms with E-state index in [9.17, 15) is 18.0 Å². The number of hydrogen-bond acceptors (Lipinski definition) is 5. The highest BCUT2D eigenvalue weighted by molar-refractivity contribution is 7.92. The van der Waals surface area contributed by atoms with Crippen molar-refractivity contribution in [2.75, 3.05) is 24.5 Å². The maximum atomic E-state index is 14.4. The quantitative estimate of drug-likeness (QED) is 0.169. The minimum absolute atomic E-state index is 0.0307. The molecule has 1 atom stereocenters. The summed E-state index contributed by atoms with van der Waals surface area (Å²) in [7, 11) is -2.76. The fourth-order valence-corrected chi connectivity index (χ4v) is 6.38. The predicted octanol–water partition coefficient (Wildman–Crippen LogP) is 6.36. The van der Waals surface area contributed by atoms with Crippen LogP contribution in [0.25, 0.3) is 0 Å². The van der Waals surface area contributed by atoms with Crippen LogP contribution in [0, 0.1) is 0 Å². The first-order valence-electron chi connectivity index (χ1n) is 14.4. The zero-order valence-corrected chi connectivity index (χ0v) is 27.4. The van der Waals surface area contributed by atoms with Crippen molar-refractivity contribution in [3.05, 3.63) is 124 Å². The second kappa shape index (κ2) is 15.8. The van der Waals surface area contributed by atoms with Crippen LogP contribution >= 0.6 is 23.2 Å². The van der Waals surface area contributed by atoms with Gasteiger partial charge in [-0.25, -0.2) is 8.42 Å². The standard InChI is InChI=1S/C34H35Cl2N3O5S/c1-3-21-37-34(41)32(22-25-7-5-4-6-8-25)38(23-26-9-11-27(35)12-10-26)33(40)24-39(29-15-13-28(36)14-16-29)45(42,43)31-19-17-30(44-2)18-20-31/h4-20,32H,3,21-24H2,1-2H3,(H,37,41). The maximum Gasteiger partial charge on any atom is 0.264 e. The fourth-order valence-electron chi connectivity index (χ4n) is 4.72. The molecule has 2 amide bonds. The summed E-state index contributed by atoms with van der Waals surface area (Å²) in [4.78, 5) is 29.5. The van der Waals surface area contributed by atoms with E-state index in [2.05, 4.69) is 5.32 Å². The van der Waals surface area contributed by atoms with Crippen LogP contribution in [0.5, 0.6) is 5.75 Å². The van der Waals surface area contributed by atoms with Gasteiger partial charge < -0.3 is 15.0 Å². The molecule has 4 aromatic carbocycles. The van der Waals surface area contributed by atoms with E-state index >= 15 is 0 Å². The monoisotopic (exact) mass is 667 g/mol. The maximum absolute atomic E-state index is 14.4. The summed E-state index contributed by atoms with van der Waals surface area (Å²) in [6.45, 7) is 1.84. The Bertz CT molecular complexity index is 1670. The Kier molecular flexibility index (Phi) is 11.9. The molecule has 11 heteroatoms. The molecule has 0 aliphatic carbocycles. The lowest BCUT2D eigenvalue weighted by Crippen LogP contribution is -2.53. The SMILES string of the molecule is CCCNC(=O)C(Cc1ccccc1)N(Cc1ccc(Cl)cc1)C(=O)CN(c1ccc(Cl)cc1)S(=O)(=O)c1ccc(OC)cc1. The van der Waals surface area contributed by atoms with Gasteiger partial charge in [0.05, 0.1) is 17.7 Å². The summed E-state index contributed by atoms with van der Waals surface area (Å²) in [5.41, 5.74) is 1.82. The summed E-state index contributed by atoms with van der Waals surface area (Å²) < 4.78 is 34.4. The molecule has 0 spiro atoms. The van der Waals surface area contributed by atoms with E-state index in [4.69, 9.17) is 27.9 Å². The van der Waals surface area contributed by atoms with Crippen molar-refractivity contribution in [3.8, 4) is 5.75 Å². The van der Waals surface area contributed by atoms with Crippen molar-refractivity contribution in [2.45, 2.75) is 37.2 Å². The molecule has 0 saturated heterocycles. The number of nitrogens with zero attached hydrogens (tertiary/aromatic N) is 2. The van der Waals surface area contributed by atoms with Crippen molar-refractivity contribution in [1.29, 1.82) is 0 Å². The van der Waals surface area contributed by atoms with Crippen LogP contribution in [0.15, 0.2) is 108 Å². The number of anilines is 1. The molecule has 4 aromatic rings. The van der Waals surface area contributed by atoms with E-state index in [-0.39, 0.29) is 29.5 Å². The molecule has 0 heterocycles. The Labute approximate surface area is 274 Å². The summed E-state index contributed by atoms with van der Waals surface area (Å²) in [6, 6.07) is 27.5. The van der Waals surface area contributed by atoms with Crippen LogP contribution in [-0.4, -0.2) is 51.4 Å². The van der Waals surface area contributed by atoms with Gasteiger partial charge in [0.2, 0.25) is 11.8 Å². The zero-order chi connectivity index (χ0) is 32.4. The number of ether oxygens (including phenoxy) is 1. The van der Waals surface area contributed by atoms with Gasteiger partial charge in [-0.15, -0.1) is 0 Å². The molecule has 236 valence electrons. The summed E-state index contributed by atoms with van der Waals surface area (Å²) in [5, 5.41) is 3.86. The Morgan fingerprint density at radius 2 is 1.42 bits per heavy atom. The molecule has 8 nitrogen and oxygen atoms in total. The van der Waals surface area contributed by atoms with E-state index in [1.54, 1.807) is 36.4 Å². The number of halogens is 2. The lowest BCUT2D eigenvalue weighted by Gasteiger charge is -2.34. The summed E-state index contributed by atoms with van der Waals surface area (Å²) >= 11 is 12.3. The summed E-state index contributed by atoms with van der Waals surface area (Å²) in [6.07, 6.45) is 0.932. The van der Waals surface area contributed by atoms with Crippen LogP contribution in [0.4, 0.5) is 5.69 Å². The predicted molar refractivity (Wildman–Crippen MR) is 178 cm³/mol. The second-order valence-electron chi connectivity index (χ2n) is 10.3. The van der Waals surface area contributed by atoms with Crippen molar-refractivity contribution in [1.82, 2.24) is 10.2 Å². The first-order valence-corrected chi connectivity index (χ1v) is 16.6. The number of amides is 2. The number of hydrogen-bond donors (Lipinski definition) is 1. The minimum atomic E-state index is -4.25. The number of carbonyl (C=O) groups is 2. The van der Waals surface area contributed by atoms with Crippen LogP contribution in [0.3, 0.4) is 0 Å². The van der Waals surface area contributed by atoms with Gasteiger partial charge in [0.25, 0.3) is 10.0 Å². The Hall–Kier alpha value is -4.05. The molecular formula is C34H35Cl2N3O5S. The van der Waals surface area contributed by atoms with Gasteiger partial charge in [-0.05, 0) is 78.2 Å². The topological polar surface area (TPSA) is 96.0 Å². The van der Waals surface area contributed by atoms with Crippen molar-refractivity contribution < 1.29 is 22.7 Å². The van der Waals surface area contributed by atoms with E-state index < -0.39 is 28.5 Å². The van der Waals surface area contributed by atoms with Crippen molar-refractivity contribution in [3.63, 3.8) is 0 Å². The normalized spacial score (nSPS) is 11.8. The molecule has 1 unspecified atom stereocenters. The lowest BCUT2D eigenvalue weighted by molar-refractivity contribution is -0.140. The average Bonchev–Trinajstić information content (AvgIpc) is 3.05. The average molecular weight is 669 g/mol. The lowest BCUT2D eigenvalue weighted by atomic mass is 10.0. The minimum Gasteiger partial charge on any atom is -0.497 e. The van der Waals surface area contributed by atoms with Crippen LogP contribution in [-0.2, 0) is 32.6 Å². The van der Waals surface area contributed by atoms with Crippen molar-refractivity contribution >= 4 is 50.7 Å². The first kappa shape index (κ1) is 33.8.